The van der Waals surface area contributed by atoms with Crippen LogP contribution in [0.25, 0.3) is 0 Å². The van der Waals surface area contributed by atoms with Gasteiger partial charge < -0.3 is 5.32 Å². The van der Waals surface area contributed by atoms with E-state index >= 15 is 0 Å². The molecular formula is C18H27N3O2. The molecule has 1 saturated heterocycles. The maximum atomic E-state index is 12.1. The lowest BCUT2D eigenvalue weighted by Gasteiger charge is -2.24. The minimum Gasteiger partial charge on any atom is -0.333 e. The number of carbonyl (C=O) groups excluding carboxylic acids is 2. The molecule has 0 saturated carbocycles. The number of amides is 3. The number of nitrogens with zero attached hydrogens (tertiary/aromatic N) is 1. The molecule has 5 nitrogen and oxygen atoms in total. The number of urea groups is 1. The van der Waals surface area contributed by atoms with E-state index in [1.807, 2.05) is 39.0 Å². The second kappa shape index (κ2) is 7.59. The third-order valence-electron chi connectivity index (χ3n) is 3.90. The number of benzene rings is 1. The molecule has 0 radical (unpaired) electrons. The first-order valence-electron chi connectivity index (χ1n) is 8.23. The third-order valence-corrected chi connectivity index (χ3v) is 3.90. The minimum atomic E-state index is -0.429. The minimum absolute atomic E-state index is 0.244. The molecule has 2 rings (SSSR count). The van der Waals surface area contributed by atoms with Gasteiger partial charge in [-0.15, -0.1) is 0 Å². The van der Waals surface area contributed by atoms with Gasteiger partial charge in [-0.25, -0.2) is 4.79 Å². The van der Waals surface area contributed by atoms with Crippen LogP contribution in [0, 0.1) is 0 Å². The summed E-state index contributed by atoms with van der Waals surface area (Å²) < 4.78 is 0. The van der Waals surface area contributed by atoms with E-state index in [1.54, 1.807) is 0 Å². The van der Waals surface area contributed by atoms with E-state index in [0.29, 0.717) is 6.04 Å². The SMILES string of the molecule is CC(C)(C)NC(=O)NC(=O)CN1CCCC1Cc1ccccc1. The number of hydrogen-bond donors (Lipinski definition) is 2. The quantitative estimate of drug-likeness (QED) is 0.896. The molecule has 0 bridgehead atoms. The Bertz CT molecular complexity index is 537. The van der Waals surface area contributed by atoms with Gasteiger partial charge in [0, 0.05) is 11.6 Å². The second-order valence-electron chi connectivity index (χ2n) is 7.21. The van der Waals surface area contributed by atoms with Crippen molar-refractivity contribution in [2.24, 2.45) is 0 Å². The van der Waals surface area contributed by atoms with Crippen LogP contribution in [0.3, 0.4) is 0 Å². The van der Waals surface area contributed by atoms with Crippen LogP contribution in [-0.2, 0) is 11.2 Å². The first kappa shape index (κ1) is 17.5. The van der Waals surface area contributed by atoms with Crippen LogP contribution >= 0.6 is 0 Å². The van der Waals surface area contributed by atoms with Gasteiger partial charge in [-0.05, 0) is 52.1 Å². The van der Waals surface area contributed by atoms with E-state index in [0.717, 1.165) is 25.8 Å². The highest BCUT2D eigenvalue weighted by molar-refractivity contribution is 5.95. The highest BCUT2D eigenvalue weighted by Crippen LogP contribution is 2.20. The number of carbonyl (C=O) groups is 2. The summed E-state index contributed by atoms with van der Waals surface area (Å²) in [7, 11) is 0. The average molecular weight is 317 g/mol. The number of imide groups is 1. The number of nitrogens with one attached hydrogen (secondary N) is 2. The lowest BCUT2D eigenvalue weighted by atomic mass is 10.0. The predicted molar refractivity (Wildman–Crippen MR) is 91.2 cm³/mol. The average Bonchev–Trinajstić information content (AvgIpc) is 2.84. The summed E-state index contributed by atoms with van der Waals surface area (Å²) >= 11 is 0. The van der Waals surface area contributed by atoms with Crippen LogP contribution in [0.4, 0.5) is 4.79 Å². The van der Waals surface area contributed by atoms with E-state index in [4.69, 9.17) is 0 Å². The molecule has 0 spiro atoms. The summed E-state index contributed by atoms with van der Waals surface area (Å²) in [6.45, 7) is 6.83. The van der Waals surface area contributed by atoms with Crippen molar-refractivity contribution in [1.29, 1.82) is 0 Å². The van der Waals surface area contributed by atoms with Gasteiger partial charge in [0.2, 0.25) is 5.91 Å². The zero-order valence-electron chi connectivity index (χ0n) is 14.3. The van der Waals surface area contributed by atoms with Gasteiger partial charge in [0.1, 0.15) is 0 Å². The van der Waals surface area contributed by atoms with E-state index in [-0.39, 0.29) is 18.0 Å². The maximum absolute atomic E-state index is 12.1. The molecule has 1 fully saturated rings. The molecule has 126 valence electrons. The monoisotopic (exact) mass is 317 g/mol. The van der Waals surface area contributed by atoms with Gasteiger partial charge in [0.15, 0.2) is 0 Å². The van der Waals surface area contributed by atoms with Crippen LogP contribution in [-0.4, -0.2) is 41.5 Å². The van der Waals surface area contributed by atoms with Gasteiger partial charge in [-0.1, -0.05) is 30.3 Å². The molecule has 0 aromatic heterocycles. The molecule has 23 heavy (non-hydrogen) atoms. The van der Waals surface area contributed by atoms with Crippen molar-refractivity contribution in [2.45, 2.75) is 51.6 Å². The number of likely N-dealkylation sites (tertiary alicyclic amines) is 1. The first-order valence-corrected chi connectivity index (χ1v) is 8.23. The largest absolute Gasteiger partial charge is 0.333 e. The van der Waals surface area contributed by atoms with E-state index in [2.05, 4.69) is 27.7 Å². The number of rotatable bonds is 4. The Labute approximate surface area is 138 Å². The molecule has 1 unspecified atom stereocenters. The zero-order chi connectivity index (χ0) is 16.9. The summed E-state index contributed by atoms with van der Waals surface area (Å²) in [6.07, 6.45) is 3.14. The highest BCUT2D eigenvalue weighted by atomic mass is 16.2. The van der Waals surface area contributed by atoms with Gasteiger partial charge in [-0.2, -0.15) is 0 Å². The Morgan fingerprint density at radius 3 is 2.57 bits per heavy atom. The maximum Gasteiger partial charge on any atom is 0.321 e. The number of hydrogen-bond acceptors (Lipinski definition) is 3. The molecule has 0 aliphatic carbocycles. The van der Waals surface area contributed by atoms with Crippen LogP contribution < -0.4 is 10.6 Å². The van der Waals surface area contributed by atoms with Crippen LogP contribution in [0.5, 0.6) is 0 Å². The topological polar surface area (TPSA) is 61.4 Å². The van der Waals surface area contributed by atoms with Crippen molar-refractivity contribution < 1.29 is 9.59 Å². The molecule has 3 amide bonds. The second-order valence-corrected chi connectivity index (χ2v) is 7.21. The Hall–Kier alpha value is -1.88. The molecule has 1 atom stereocenters. The van der Waals surface area contributed by atoms with Crippen molar-refractivity contribution in [3.63, 3.8) is 0 Å². The third kappa shape index (κ3) is 6.02. The van der Waals surface area contributed by atoms with E-state index in [9.17, 15) is 9.59 Å². The Balaban J connectivity index is 1.83. The van der Waals surface area contributed by atoms with Crippen LogP contribution in [0.2, 0.25) is 0 Å². The summed E-state index contributed by atoms with van der Waals surface area (Å²) in [5.74, 6) is -0.244. The summed E-state index contributed by atoms with van der Waals surface area (Å²) in [4.78, 5) is 26.0. The van der Waals surface area contributed by atoms with Gasteiger partial charge in [-0.3, -0.25) is 15.0 Å². The van der Waals surface area contributed by atoms with Gasteiger partial charge >= 0.3 is 6.03 Å². The van der Waals surface area contributed by atoms with Gasteiger partial charge in [0.05, 0.1) is 6.54 Å². The molecule has 5 heteroatoms. The van der Waals surface area contributed by atoms with E-state index < -0.39 is 6.03 Å². The van der Waals surface area contributed by atoms with Crippen LogP contribution in [0.15, 0.2) is 30.3 Å². The molecule has 1 aromatic carbocycles. The fraction of sp³-hybridized carbons (Fsp3) is 0.556. The molecule has 1 aromatic rings. The zero-order valence-corrected chi connectivity index (χ0v) is 14.3. The van der Waals surface area contributed by atoms with Crippen LogP contribution in [0.1, 0.15) is 39.2 Å². The van der Waals surface area contributed by atoms with Crippen molar-refractivity contribution in [2.75, 3.05) is 13.1 Å². The summed E-state index contributed by atoms with van der Waals surface area (Å²) in [5, 5.41) is 5.15. The fourth-order valence-electron chi connectivity index (χ4n) is 2.94. The molecule has 2 N–H and O–H groups in total. The molecule has 1 aliphatic rings. The summed E-state index contributed by atoms with van der Waals surface area (Å²) in [5.41, 5.74) is 0.934. The Kier molecular flexibility index (Phi) is 5.77. The Morgan fingerprint density at radius 1 is 1.22 bits per heavy atom. The van der Waals surface area contributed by atoms with Gasteiger partial charge in [0.25, 0.3) is 0 Å². The normalized spacial score (nSPS) is 18.7. The van der Waals surface area contributed by atoms with E-state index in [1.165, 1.54) is 5.56 Å². The van der Waals surface area contributed by atoms with Crippen molar-refractivity contribution in [3.8, 4) is 0 Å². The smallest absolute Gasteiger partial charge is 0.321 e. The Morgan fingerprint density at radius 2 is 1.91 bits per heavy atom. The fourth-order valence-corrected chi connectivity index (χ4v) is 2.94. The highest BCUT2D eigenvalue weighted by Gasteiger charge is 2.27. The summed E-state index contributed by atoms with van der Waals surface area (Å²) in [6, 6.07) is 10.3. The van der Waals surface area contributed by atoms with Crippen molar-refractivity contribution in [1.82, 2.24) is 15.5 Å². The standard InChI is InChI=1S/C18H27N3O2/c1-18(2,3)20-17(23)19-16(22)13-21-11-7-10-15(21)12-14-8-5-4-6-9-14/h4-6,8-9,15H,7,10-13H2,1-3H3,(H2,19,20,22,23). The molecule has 1 aliphatic heterocycles. The van der Waals surface area contributed by atoms with Crippen molar-refractivity contribution >= 4 is 11.9 Å². The van der Waals surface area contributed by atoms with Crippen molar-refractivity contribution in [3.05, 3.63) is 35.9 Å². The predicted octanol–water partition coefficient (Wildman–Crippen LogP) is 2.32. The lowest BCUT2D eigenvalue weighted by Crippen LogP contribution is -2.50. The first-order chi connectivity index (χ1) is 10.8. The lowest BCUT2D eigenvalue weighted by molar-refractivity contribution is -0.121. The molecule has 1 heterocycles. The molecular weight excluding hydrogens is 290 g/mol.